The molecule has 1 aromatic rings. The van der Waals surface area contributed by atoms with E-state index in [1.807, 2.05) is 0 Å². The zero-order valence-corrected chi connectivity index (χ0v) is 12.7. The number of aliphatic carboxylic acids is 1. The van der Waals surface area contributed by atoms with Crippen LogP contribution >= 0.6 is 0 Å². The van der Waals surface area contributed by atoms with Crippen molar-refractivity contribution in [2.45, 2.75) is 52.6 Å². The van der Waals surface area contributed by atoms with Crippen LogP contribution in [0.2, 0.25) is 0 Å². The van der Waals surface area contributed by atoms with E-state index in [1.54, 1.807) is 0 Å². The minimum Gasteiger partial charge on any atom is -0.480 e. The van der Waals surface area contributed by atoms with Crippen LogP contribution in [0.5, 0.6) is 0 Å². The minimum absolute atomic E-state index is 0.325. The fourth-order valence-corrected chi connectivity index (χ4v) is 3.09. The Morgan fingerprint density at radius 2 is 2.15 bits per heavy atom. The van der Waals surface area contributed by atoms with Gasteiger partial charge >= 0.3 is 5.97 Å². The molecule has 1 N–H and O–H groups in total. The van der Waals surface area contributed by atoms with Crippen molar-refractivity contribution in [3.63, 3.8) is 0 Å². The van der Waals surface area contributed by atoms with E-state index < -0.39 is 5.97 Å². The maximum absolute atomic E-state index is 11.5. The quantitative estimate of drug-likeness (QED) is 0.915. The van der Waals surface area contributed by atoms with Gasteiger partial charge in [0.15, 0.2) is 0 Å². The zero-order chi connectivity index (χ0) is 14.7. The molecule has 1 aromatic carbocycles. The van der Waals surface area contributed by atoms with Crippen molar-refractivity contribution < 1.29 is 9.90 Å². The number of hydrogen-bond donors (Lipinski definition) is 1. The van der Waals surface area contributed by atoms with Crippen LogP contribution in [-0.4, -0.2) is 28.6 Å². The van der Waals surface area contributed by atoms with Crippen LogP contribution in [0, 0.1) is 19.8 Å². The van der Waals surface area contributed by atoms with Gasteiger partial charge in [0.2, 0.25) is 0 Å². The largest absolute Gasteiger partial charge is 0.480 e. The molecule has 0 spiro atoms. The summed E-state index contributed by atoms with van der Waals surface area (Å²) in [6, 6.07) is 6.09. The van der Waals surface area contributed by atoms with Crippen molar-refractivity contribution >= 4 is 5.97 Å². The molecule has 110 valence electrons. The van der Waals surface area contributed by atoms with Crippen molar-refractivity contribution in [2.75, 3.05) is 6.54 Å². The number of carboxylic acid groups (broad SMARTS) is 1. The van der Waals surface area contributed by atoms with Crippen molar-refractivity contribution in [3.8, 4) is 0 Å². The number of nitrogens with zero attached hydrogens (tertiary/aromatic N) is 1. The Bertz CT molecular complexity index is 484. The molecule has 2 atom stereocenters. The summed E-state index contributed by atoms with van der Waals surface area (Å²) in [4.78, 5) is 13.7. The van der Waals surface area contributed by atoms with Crippen LogP contribution in [0.1, 0.15) is 42.9 Å². The van der Waals surface area contributed by atoms with Crippen molar-refractivity contribution in [3.05, 3.63) is 34.9 Å². The lowest BCUT2D eigenvalue weighted by atomic mass is 9.88. The molecule has 1 fully saturated rings. The van der Waals surface area contributed by atoms with E-state index >= 15 is 0 Å². The van der Waals surface area contributed by atoms with Crippen LogP contribution in [0.4, 0.5) is 0 Å². The minimum atomic E-state index is -0.673. The lowest BCUT2D eigenvalue weighted by Gasteiger charge is -2.37. The van der Waals surface area contributed by atoms with E-state index in [-0.39, 0.29) is 6.04 Å². The predicted molar refractivity (Wildman–Crippen MR) is 80.8 cm³/mol. The molecule has 0 amide bonds. The molecule has 0 aromatic heterocycles. The molecule has 0 bridgehead atoms. The lowest BCUT2D eigenvalue weighted by molar-refractivity contribution is -0.145. The molecule has 0 aliphatic carbocycles. The van der Waals surface area contributed by atoms with Gasteiger partial charge in [-0.2, -0.15) is 0 Å². The molecule has 2 rings (SSSR count). The summed E-state index contributed by atoms with van der Waals surface area (Å²) in [5.41, 5.74) is 3.74. The molecule has 1 aliphatic heterocycles. The van der Waals surface area contributed by atoms with Crippen molar-refractivity contribution in [1.82, 2.24) is 4.90 Å². The summed E-state index contributed by atoms with van der Waals surface area (Å²) in [5, 5.41) is 9.48. The van der Waals surface area contributed by atoms with E-state index in [9.17, 15) is 9.90 Å². The molecule has 3 heteroatoms. The third-order valence-corrected chi connectivity index (χ3v) is 4.56. The van der Waals surface area contributed by atoms with Crippen LogP contribution < -0.4 is 0 Å². The Kier molecular flexibility index (Phi) is 4.81. The maximum atomic E-state index is 11.5. The molecular weight excluding hydrogens is 250 g/mol. The molecule has 1 aliphatic rings. The maximum Gasteiger partial charge on any atom is 0.320 e. The SMILES string of the molecule is CCC1CCN(Cc2cc(C)ccc2C)C(C(=O)O)C1. The van der Waals surface area contributed by atoms with Crippen molar-refractivity contribution in [2.24, 2.45) is 5.92 Å². The number of likely N-dealkylation sites (tertiary alicyclic amines) is 1. The lowest BCUT2D eigenvalue weighted by Crippen LogP contribution is -2.46. The molecule has 0 saturated carbocycles. The number of aryl methyl sites for hydroxylation is 2. The second-order valence-corrected chi connectivity index (χ2v) is 6.05. The monoisotopic (exact) mass is 275 g/mol. The van der Waals surface area contributed by atoms with E-state index in [0.717, 1.165) is 32.4 Å². The van der Waals surface area contributed by atoms with Gasteiger partial charge in [-0.25, -0.2) is 0 Å². The summed E-state index contributed by atoms with van der Waals surface area (Å²) in [7, 11) is 0. The number of carboxylic acids is 1. The normalized spacial score (nSPS) is 23.8. The summed E-state index contributed by atoms with van der Waals surface area (Å²) in [5.74, 6) is -0.112. The Morgan fingerprint density at radius 3 is 2.80 bits per heavy atom. The van der Waals surface area contributed by atoms with E-state index in [4.69, 9.17) is 0 Å². The highest BCUT2D eigenvalue weighted by Crippen LogP contribution is 2.27. The van der Waals surface area contributed by atoms with Gasteiger partial charge in [-0.15, -0.1) is 0 Å². The first-order chi connectivity index (χ1) is 9.51. The second kappa shape index (κ2) is 6.40. The number of piperidine rings is 1. The topological polar surface area (TPSA) is 40.5 Å². The van der Waals surface area contributed by atoms with Crippen molar-refractivity contribution in [1.29, 1.82) is 0 Å². The first kappa shape index (κ1) is 15.0. The van der Waals surface area contributed by atoms with E-state index in [2.05, 4.69) is 43.9 Å². The number of carbonyl (C=O) groups is 1. The van der Waals surface area contributed by atoms with Gasteiger partial charge in [0, 0.05) is 6.54 Å². The van der Waals surface area contributed by atoms with Gasteiger partial charge in [0.25, 0.3) is 0 Å². The first-order valence-corrected chi connectivity index (χ1v) is 7.54. The Morgan fingerprint density at radius 1 is 1.40 bits per heavy atom. The fourth-order valence-electron chi connectivity index (χ4n) is 3.09. The van der Waals surface area contributed by atoms with Gasteiger partial charge in [0.1, 0.15) is 6.04 Å². The summed E-state index contributed by atoms with van der Waals surface area (Å²) in [6.45, 7) is 7.98. The van der Waals surface area contributed by atoms with Gasteiger partial charge in [-0.05, 0) is 50.3 Å². The molecule has 3 nitrogen and oxygen atoms in total. The summed E-state index contributed by atoms with van der Waals surface area (Å²) < 4.78 is 0. The number of benzene rings is 1. The van der Waals surface area contributed by atoms with Crippen LogP contribution in [-0.2, 0) is 11.3 Å². The number of hydrogen-bond acceptors (Lipinski definition) is 2. The fraction of sp³-hybridized carbons (Fsp3) is 0.588. The predicted octanol–water partition coefficient (Wildman–Crippen LogP) is 3.38. The Labute approximate surface area is 121 Å². The van der Waals surface area contributed by atoms with E-state index in [1.165, 1.54) is 16.7 Å². The second-order valence-electron chi connectivity index (χ2n) is 6.05. The highest BCUT2D eigenvalue weighted by Gasteiger charge is 2.32. The Balaban J connectivity index is 2.14. The third kappa shape index (κ3) is 3.40. The van der Waals surface area contributed by atoms with Gasteiger partial charge in [-0.3, -0.25) is 9.69 Å². The van der Waals surface area contributed by atoms with Gasteiger partial charge in [-0.1, -0.05) is 37.1 Å². The number of rotatable bonds is 4. The average molecular weight is 275 g/mol. The molecule has 0 radical (unpaired) electrons. The first-order valence-electron chi connectivity index (χ1n) is 7.54. The highest BCUT2D eigenvalue weighted by molar-refractivity contribution is 5.73. The van der Waals surface area contributed by atoms with Crippen LogP contribution in [0.3, 0.4) is 0 Å². The zero-order valence-electron chi connectivity index (χ0n) is 12.7. The third-order valence-electron chi connectivity index (χ3n) is 4.56. The molecular formula is C17H25NO2. The molecule has 1 saturated heterocycles. The Hall–Kier alpha value is -1.35. The average Bonchev–Trinajstić information content (AvgIpc) is 2.43. The molecule has 20 heavy (non-hydrogen) atoms. The standard InChI is InChI=1S/C17H25NO2/c1-4-14-7-8-18(16(10-14)17(19)20)11-15-9-12(2)5-6-13(15)3/h5-6,9,14,16H,4,7-8,10-11H2,1-3H3,(H,19,20). The highest BCUT2D eigenvalue weighted by atomic mass is 16.4. The molecule has 1 heterocycles. The summed E-state index contributed by atoms with van der Waals surface area (Å²) in [6.07, 6.45) is 2.99. The van der Waals surface area contributed by atoms with Crippen LogP contribution in [0.25, 0.3) is 0 Å². The summed E-state index contributed by atoms with van der Waals surface area (Å²) >= 11 is 0. The van der Waals surface area contributed by atoms with Gasteiger partial charge < -0.3 is 5.11 Å². The van der Waals surface area contributed by atoms with Crippen LogP contribution in [0.15, 0.2) is 18.2 Å². The smallest absolute Gasteiger partial charge is 0.320 e. The molecule has 2 unspecified atom stereocenters. The van der Waals surface area contributed by atoms with Gasteiger partial charge in [0.05, 0.1) is 0 Å². The van der Waals surface area contributed by atoms with E-state index in [0.29, 0.717) is 5.92 Å².